The molecule has 5 nitrogen and oxygen atoms in total. The summed E-state index contributed by atoms with van der Waals surface area (Å²) in [5.74, 6) is -1.35. The second kappa shape index (κ2) is 3.36. The van der Waals surface area contributed by atoms with Gasteiger partial charge in [-0.1, -0.05) is 11.6 Å². The molecule has 0 fully saturated rings. The summed E-state index contributed by atoms with van der Waals surface area (Å²) in [7, 11) is 0. The summed E-state index contributed by atoms with van der Waals surface area (Å²) in [6, 6.07) is 3.20. The SMILES string of the molecule is O=C(O)c1c(Cl)c2cccnc2[nH]c1=O. The molecule has 2 aromatic rings. The number of fused-ring (bicyclic) bond motifs is 1. The Kier molecular flexibility index (Phi) is 2.17. The summed E-state index contributed by atoms with van der Waals surface area (Å²) in [6.45, 7) is 0. The van der Waals surface area contributed by atoms with Gasteiger partial charge in [-0.3, -0.25) is 4.79 Å². The summed E-state index contributed by atoms with van der Waals surface area (Å²) >= 11 is 5.80. The molecule has 0 saturated heterocycles. The van der Waals surface area contributed by atoms with E-state index in [2.05, 4.69) is 9.97 Å². The number of aromatic amines is 1. The fourth-order valence-electron chi connectivity index (χ4n) is 1.28. The van der Waals surface area contributed by atoms with Crippen molar-refractivity contribution in [3.05, 3.63) is 39.3 Å². The van der Waals surface area contributed by atoms with Gasteiger partial charge in [-0.25, -0.2) is 9.78 Å². The van der Waals surface area contributed by atoms with Gasteiger partial charge in [-0.15, -0.1) is 0 Å². The van der Waals surface area contributed by atoms with E-state index in [0.29, 0.717) is 5.39 Å². The third kappa shape index (κ3) is 1.46. The zero-order chi connectivity index (χ0) is 11.0. The van der Waals surface area contributed by atoms with Crippen LogP contribution < -0.4 is 5.56 Å². The first-order valence-corrected chi connectivity index (χ1v) is 4.39. The van der Waals surface area contributed by atoms with E-state index in [-0.39, 0.29) is 10.7 Å². The molecule has 2 N–H and O–H groups in total. The van der Waals surface area contributed by atoms with E-state index in [1.807, 2.05) is 0 Å². The standard InChI is InChI=1S/C9H5ClN2O3/c10-6-4-2-1-3-11-7(4)12-8(13)5(6)9(14)15/h1-3H,(H,14,15)(H,11,12,13). The molecule has 0 amide bonds. The van der Waals surface area contributed by atoms with Gasteiger partial charge in [0.2, 0.25) is 0 Å². The number of aromatic carboxylic acids is 1. The number of hydrogen-bond acceptors (Lipinski definition) is 3. The number of carboxylic acid groups (broad SMARTS) is 1. The van der Waals surface area contributed by atoms with Crippen LogP contribution in [-0.2, 0) is 0 Å². The minimum absolute atomic E-state index is 0.0886. The largest absolute Gasteiger partial charge is 0.477 e. The van der Waals surface area contributed by atoms with Gasteiger partial charge in [-0.2, -0.15) is 0 Å². The van der Waals surface area contributed by atoms with Crippen molar-refractivity contribution < 1.29 is 9.90 Å². The zero-order valence-corrected chi connectivity index (χ0v) is 8.08. The zero-order valence-electron chi connectivity index (χ0n) is 7.32. The van der Waals surface area contributed by atoms with E-state index in [1.54, 1.807) is 12.1 Å². The predicted molar refractivity (Wildman–Crippen MR) is 54.3 cm³/mol. The second-order valence-corrected chi connectivity index (χ2v) is 3.23. The molecule has 15 heavy (non-hydrogen) atoms. The first-order chi connectivity index (χ1) is 7.11. The lowest BCUT2D eigenvalue weighted by Crippen LogP contribution is -2.18. The van der Waals surface area contributed by atoms with Crippen molar-refractivity contribution in [2.45, 2.75) is 0 Å². The summed E-state index contributed by atoms with van der Waals surface area (Å²) in [5.41, 5.74) is -0.937. The van der Waals surface area contributed by atoms with Crippen LogP contribution in [0.15, 0.2) is 23.1 Å². The molecule has 0 unspecified atom stereocenters. The molecule has 0 aromatic carbocycles. The average Bonchev–Trinajstić information content (AvgIpc) is 2.17. The van der Waals surface area contributed by atoms with E-state index in [4.69, 9.17) is 16.7 Å². The average molecular weight is 225 g/mol. The van der Waals surface area contributed by atoms with Gasteiger partial charge in [0, 0.05) is 11.6 Å². The lowest BCUT2D eigenvalue weighted by atomic mass is 10.2. The van der Waals surface area contributed by atoms with Gasteiger partial charge in [0.05, 0.1) is 5.02 Å². The van der Waals surface area contributed by atoms with Crippen LogP contribution in [0.3, 0.4) is 0 Å². The van der Waals surface area contributed by atoms with Gasteiger partial charge in [0.25, 0.3) is 5.56 Å². The normalized spacial score (nSPS) is 10.5. The minimum Gasteiger partial charge on any atom is -0.477 e. The van der Waals surface area contributed by atoms with Crippen LogP contribution in [-0.4, -0.2) is 21.0 Å². The van der Waals surface area contributed by atoms with E-state index in [9.17, 15) is 9.59 Å². The van der Waals surface area contributed by atoms with Gasteiger partial charge in [-0.05, 0) is 12.1 Å². The Hall–Kier alpha value is -1.88. The third-order valence-corrected chi connectivity index (χ3v) is 2.33. The first-order valence-electron chi connectivity index (χ1n) is 4.01. The van der Waals surface area contributed by atoms with E-state index >= 15 is 0 Å². The summed E-state index contributed by atoms with van der Waals surface area (Å²) < 4.78 is 0. The van der Waals surface area contributed by atoms with Crippen molar-refractivity contribution in [3.8, 4) is 0 Å². The number of rotatable bonds is 1. The van der Waals surface area contributed by atoms with Crippen LogP contribution in [0.1, 0.15) is 10.4 Å². The van der Waals surface area contributed by atoms with Crippen LogP contribution in [0.5, 0.6) is 0 Å². The highest BCUT2D eigenvalue weighted by atomic mass is 35.5. The van der Waals surface area contributed by atoms with E-state index in [0.717, 1.165) is 0 Å². The van der Waals surface area contributed by atoms with Crippen molar-refractivity contribution in [2.75, 3.05) is 0 Å². The van der Waals surface area contributed by atoms with Crippen molar-refractivity contribution in [3.63, 3.8) is 0 Å². The fraction of sp³-hybridized carbons (Fsp3) is 0. The first kappa shape index (κ1) is 9.67. The van der Waals surface area contributed by atoms with Gasteiger partial charge in [0.1, 0.15) is 11.2 Å². The van der Waals surface area contributed by atoms with Crippen molar-refractivity contribution >= 4 is 28.6 Å². The van der Waals surface area contributed by atoms with E-state index in [1.165, 1.54) is 6.20 Å². The number of H-pyrrole nitrogens is 1. The second-order valence-electron chi connectivity index (χ2n) is 2.85. The number of nitrogens with zero attached hydrogens (tertiary/aromatic N) is 1. The highest BCUT2D eigenvalue weighted by Gasteiger charge is 2.17. The molecule has 76 valence electrons. The smallest absolute Gasteiger partial charge is 0.342 e. The molecule has 0 bridgehead atoms. The summed E-state index contributed by atoms with van der Waals surface area (Å²) in [6.07, 6.45) is 1.48. The highest BCUT2D eigenvalue weighted by molar-refractivity contribution is 6.37. The van der Waals surface area contributed by atoms with Crippen LogP contribution in [0.4, 0.5) is 0 Å². The van der Waals surface area contributed by atoms with Crippen molar-refractivity contribution in [1.29, 1.82) is 0 Å². The van der Waals surface area contributed by atoms with Crippen molar-refractivity contribution in [2.24, 2.45) is 0 Å². The van der Waals surface area contributed by atoms with Gasteiger partial charge < -0.3 is 10.1 Å². The molecule has 0 radical (unpaired) electrons. The van der Waals surface area contributed by atoms with E-state index < -0.39 is 17.1 Å². The number of halogens is 1. The molecular weight excluding hydrogens is 220 g/mol. The van der Waals surface area contributed by atoms with Crippen LogP contribution in [0.25, 0.3) is 11.0 Å². The Morgan fingerprint density at radius 1 is 1.53 bits per heavy atom. The lowest BCUT2D eigenvalue weighted by Gasteiger charge is -2.01. The minimum atomic E-state index is -1.35. The predicted octanol–water partition coefficient (Wildman–Crippen LogP) is 1.27. The number of aromatic nitrogens is 2. The maximum Gasteiger partial charge on any atom is 0.342 e. The molecule has 0 aliphatic carbocycles. The monoisotopic (exact) mass is 224 g/mol. The van der Waals surface area contributed by atoms with Crippen molar-refractivity contribution in [1.82, 2.24) is 9.97 Å². The number of hydrogen-bond donors (Lipinski definition) is 2. The van der Waals surface area contributed by atoms with Gasteiger partial charge >= 0.3 is 5.97 Å². The molecule has 0 atom stereocenters. The number of pyridine rings is 2. The number of nitrogens with one attached hydrogen (secondary N) is 1. The topological polar surface area (TPSA) is 83.0 Å². The molecule has 2 heterocycles. The number of carbonyl (C=O) groups is 1. The van der Waals surface area contributed by atoms with Crippen LogP contribution in [0.2, 0.25) is 5.02 Å². The lowest BCUT2D eigenvalue weighted by molar-refractivity contribution is 0.0695. The molecular formula is C9H5ClN2O3. The van der Waals surface area contributed by atoms with Crippen LogP contribution >= 0.6 is 11.6 Å². The maximum atomic E-state index is 11.3. The third-order valence-electron chi connectivity index (χ3n) is 1.94. The Labute approximate surface area is 88.3 Å². The molecule has 0 saturated carbocycles. The Morgan fingerprint density at radius 2 is 2.27 bits per heavy atom. The Morgan fingerprint density at radius 3 is 2.93 bits per heavy atom. The molecule has 0 aliphatic heterocycles. The fourth-order valence-corrected chi connectivity index (χ4v) is 1.60. The maximum absolute atomic E-state index is 11.3. The Balaban J connectivity index is 2.97. The van der Waals surface area contributed by atoms with Gasteiger partial charge in [0.15, 0.2) is 0 Å². The number of carboxylic acids is 1. The molecule has 2 aromatic heterocycles. The molecule has 0 aliphatic rings. The Bertz CT molecular complexity index is 606. The molecule has 0 spiro atoms. The van der Waals surface area contributed by atoms with Crippen LogP contribution in [0, 0.1) is 0 Å². The molecule has 2 rings (SSSR count). The highest BCUT2D eigenvalue weighted by Crippen LogP contribution is 2.21. The quantitative estimate of drug-likeness (QED) is 0.764. The summed E-state index contributed by atoms with van der Waals surface area (Å²) in [4.78, 5) is 28.3. The summed E-state index contributed by atoms with van der Waals surface area (Å²) in [5, 5.41) is 9.11. The molecule has 6 heteroatoms.